The number of carbonyl (C=O) groups is 2. The highest BCUT2D eigenvalue weighted by molar-refractivity contribution is 6.64. The van der Waals surface area contributed by atoms with E-state index in [0.717, 1.165) is 0 Å². The van der Waals surface area contributed by atoms with Gasteiger partial charge in [-0.3, -0.25) is 9.59 Å². The van der Waals surface area contributed by atoms with Crippen LogP contribution in [-0.4, -0.2) is 16.7 Å². The minimum atomic E-state index is -0.931. The number of benzene rings is 1. The van der Waals surface area contributed by atoms with Crippen LogP contribution in [0.4, 0.5) is 5.69 Å². The van der Waals surface area contributed by atoms with Crippen molar-refractivity contribution in [2.45, 2.75) is 0 Å². The van der Waals surface area contributed by atoms with Crippen LogP contribution in [0.15, 0.2) is 23.2 Å². The predicted octanol–water partition coefficient (Wildman–Crippen LogP) is 1.50. The summed E-state index contributed by atoms with van der Waals surface area (Å²) in [5.74, 6) is -2.12. The molecular formula is C10H6ClNO3. The Morgan fingerprint density at radius 3 is 2.53 bits per heavy atom. The Morgan fingerprint density at radius 2 is 1.87 bits per heavy atom. The summed E-state index contributed by atoms with van der Waals surface area (Å²) in [5, 5.41) is 9.10. The number of Topliss-reactive ketones (excluding diaryl/α,β-unsaturated/α-hetero) is 2. The molecule has 5 heteroatoms. The molecule has 15 heavy (non-hydrogen) atoms. The van der Waals surface area contributed by atoms with E-state index in [1.165, 1.54) is 12.1 Å². The summed E-state index contributed by atoms with van der Waals surface area (Å²) in [6.07, 6.45) is 0. The van der Waals surface area contributed by atoms with Crippen molar-refractivity contribution in [1.29, 1.82) is 0 Å². The lowest BCUT2D eigenvalue weighted by molar-refractivity contribution is -0.111. The van der Waals surface area contributed by atoms with Crippen LogP contribution in [0, 0.1) is 0 Å². The molecule has 1 aromatic rings. The van der Waals surface area contributed by atoms with E-state index in [1.807, 2.05) is 0 Å². The fourth-order valence-electron chi connectivity index (χ4n) is 1.46. The number of anilines is 1. The zero-order chi connectivity index (χ0) is 11.2. The number of fused-ring (bicyclic) bond motifs is 1. The molecule has 0 aliphatic heterocycles. The van der Waals surface area contributed by atoms with Gasteiger partial charge in [-0.1, -0.05) is 23.7 Å². The van der Waals surface area contributed by atoms with E-state index < -0.39 is 22.4 Å². The van der Waals surface area contributed by atoms with Gasteiger partial charge < -0.3 is 10.8 Å². The van der Waals surface area contributed by atoms with Crippen LogP contribution in [0.2, 0.25) is 0 Å². The zero-order valence-corrected chi connectivity index (χ0v) is 8.21. The van der Waals surface area contributed by atoms with E-state index in [2.05, 4.69) is 0 Å². The third-order valence-corrected chi connectivity index (χ3v) is 2.54. The normalized spacial score (nSPS) is 15.5. The van der Waals surface area contributed by atoms with Gasteiger partial charge in [0.15, 0.2) is 0 Å². The minimum absolute atomic E-state index is 0.0180. The van der Waals surface area contributed by atoms with E-state index in [1.54, 1.807) is 6.07 Å². The third-order valence-electron chi connectivity index (χ3n) is 2.19. The van der Waals surface area contributed by atoms with E-state index in [4.69, 9.17) is 17.3 Å². The number of rotatable bonds is 0. The first-order valence-electron chi connectivity index (χ1n) is 4.10. The van der Waals surface area contributed by atoms with Crippen molar-refractivity contribution in [3.05, 3.63) is 34.4 Å². The SMILES string of the molecule is Nc1cccc2c1C(=O)C(=O)C(Cl)=C2O. The number of nitrogens with two attached hydrogens (primary N) is 1. The van der Waals surface area contributed by atoms with Gasteiger partial charge in [-0.2, -0.15) is 0 Å². The number of hydrogen-bond acceptors (Lipinski definition) is 4. The van der Waals surface area contributed by atoms with Crippen LogP contribution < -0.4 is 5.73 Å². The zero-order valence-electron chi connectivity index (χ0n) is 7.45. The molecule has 2 rings (SSSR count). The van der Waals surface area contributed by atoms with Crippen LogP contribution in [-0.2, 0) is 4.79 Å². The Bertz CT molecular complexity index is 519. The number of aliphatic hydroxyl groups is 1. The van der Waals surface area contributed by atoms with Crippen LogP contribution >= 0.6 is 11.6 Å². The largest absolute Gasteiger partial charge is 0.506 e. The van der Waals surface area contributed by atoms with Crippen LogP contribution in [0.3, 0.4) is 0 Å². The van der Waals surface area contributed by atoms with Gasteiger partial charge in [0.1, 0.15) is 10.8 Å². The molecule has 76 valence electrons. The highest BCUT2D eigenvalue weighted by Crippen LogP contribution is 2.32. The number of aliphatic hydroxyl groups excluding tert-OH is 1. The molecule has 4 nitrogen and oxygen atoms in total. The molecule has 0 radical (unpaired) electrons. The van der Waals surface area contributed by atoms with Crippen molar-refractivity contribution in [1.82, 2.24) is 0 Å². The molecule has 0 saturated heterocycles. The molecule has 1 aromatic carbocycles. The molecule has 0 spiro atoms. The van der Waals surface area contributed by atoms with Crippen molar-refractivity contribution >= 4 is 34.6 Å². The predicted molar refractivity (Wildman–Crippen MR) is 55.6 cm³/mol. The van der Waals surface area contributed by atoms with Gasteiger partial charge in [-0.05, 0) is 6.07 Å². The lowest BCUT2D eigenvalue weighted by Crippen LogP contribution is -2.23. The topological polar surface area (TPSA) is 80.4 Å². The molecule has 0 fully saturated rings. The Labute approximate surface area is 90.0 Å². The standard InChI is InChI=1S/C10H6ClNO3/c11-7-8(13)4-2-1-3-5(12)6(4)9(14)10(7)15/h1-3,13H,12H2. The summed E-state index contributed by atoms with van der Waals surface area (Å²) in [4.78, 5) is 22.8. The van der Waals surface area contributed by atoms with Crippen LogP contribution in [0.25, 0.3) is 5.76 Å². The number of hydrogen-bond donors (Lipinski definition) is 2. The quantitative estimate of drug-likeness (QED) is 0.516. The Balaban J connectivity index is 2.84. The van der Waals surface area contributed by atoms with E-state index >= 15 is 0 Å². The molecule has 0 amide bonds. The second-order valence-corrected chi connectivity index (χ2v) is 3.47. The van der Waals surface area contributed by atoms with Gasteiger partial charge in [0.2, 0.25) is 11.6 Å². The average molecular weight is 224 g/mol. The summed E-state index contributed by atoms with van der Waals surface area (Å²) < 4.78 is 0. The number of allylic oxidation sites excluding steroid dienone is 1. The molecule has 1 aliphatic carbocycles. The smallest absolute Gasteiger partial charge is 0.248 e. The van der Waals surface area contributed by atoms with Crippen molar-refractivity contribution < 1.29 is 14.7 Å². The first-order chi connectivity index (χ1) is 7.04. The monoisotopic (exact) mass is 223 g/mol. The molecule has 0 unspecified atom stereocenters. The highest BCUT2D eigenvalue weighted by atomic mass is 35.5. The van der Waals surface area contributed by atoms with Crippen molar-refractivity contribution in [2.24, 2.45) is 0 Å². The maximum absolute atomic E-state index is 11.5. The fraction of sp³-hybridized carbons (Fsp3) is 0. The van der Waals surface area contributed by atoms with E-state index in [9.17, 15) is 14.7 Å². The first kappa shape index (κ1) is 9.73. The number of nitrogen functional groups attached to an aromatic ring is 1. The summed E-state index contributed by atoms with van der Waals surface area (Å²) >= 11 is 5.51. The summed E-state index contributed by atoms with van der Waals surface area (Å²) in [6.45, 7) is 0. The molecule has 0 bridgehead atoms. The minimum Gasteiger partial charge on any atom is -0.506 e. The van der Waals surface area contributed by atoms with Gasteiger partial charge >= 0.3 is 0 Å². The third kappa shape index (κ3) is 1.22. The number of carbonyl (C=O) groups excluding carboxylic acids is 2. The molecule has 3 N–H and O–H groups in total. The Morgan fingerprint density at radius 1 is 1.20 bits per heavy atom. The molecule has 0 atom stereocenters. The van der Waals surface area contributed by atoms with Gasteiger partial charge in [0.05, 0.1) is 5.56 Å². The molecular weight excluding hydrogens is 218 g/mol. The fourth-order valence-corrected chi connectivity index (χ4v) is 1.65. The summed E-state index contributed by atoms with van der Waals surface area (Å²) in [6, 6.07) is 4.53. The molecule has 0 saturated carbocycles. The van der Waals surface area contributed by atoms with Gasteiger partial charge in [0, 0.05) is 11.3 Å². The van der Waals surface area contributed by atoms with Crippen LogP contribution in [0.5, 0.6) is 0 Å². The summed E-state index contributed by atoms with van der Waals surface area (Å²) in [5.41, 5.74) is 5.92. The maximum atomic E-state index is 11.5. The van der Waals surface area contributed by atoms with E-state index in [-0.39, 0.29) is 16.8 Å². The van der Waals surface area contributed by atoms with Crippen molar-refractivity contribution in [3.8, 4) is 0 Å². The number of halogens is 1. The lowest BCUT2D eigenvalue weighted by Gasteiger charge is -2.15. The van der Waals surface area contributed by atoms with Crippen molar-refractivity contribution in [3.63, 3.8) is 0 Å². The molecule has 0 heterocycles. The second kappa shape index (κ2) is 3.10. The second-order valence-electron chi connectivity index (χ2n) is 3.09. The summed E-state index contributed by atoms with van der Waals surface area (Å²) in [7, 11) is 0. The van der Waals surface area contributed by atoms with Crippen LogP contribution in [0.1, 0.15) is 15.9 Å². The van der Waals surface area contributed by atoms with Gasteiger partial charge in [-0.25, -0.2) is 0 Å². The van der Waals surface area contributed by atoms with Crippen molar-refractivity contribution in [2.75, 3.05) is 5.73 Å². The van der Waals surface area contributed by atoms with Gasteiger partial charge in [-0.15, -0.1) is 0 Å². The number of ketones is 2. The Kier molecular flexibility index (Phi) is 2.01. The van der Waals surface area contributed by atoms with Gasteiger partial charge in [0.25, 0.3) is 0 Å². The molecule has 0 aromatic heterocycles. The maximum Gasteiger partial charge on any atom is 0.248 e. The van der Waals surface area contributed by atoms with E-state index in [0.29, 0.717) is 0 Å². The average Bonchev–Trinajstić information content (AvgIpc) is 2.23. The lowest BCUT2D eigenvalue weighted by atomic mass is 9.92. The Hall–Kier alpha value is -1.81. The molecule has 1 aliphatic rings. The highest BCUT2D eigenvalue weighted by Gasteiger charge is 2.33. The first-order valence-corrected chi connectivity index (χ1v) is 4.48.